The van der Waals surface area contributed by atoms with Gasteiger partial charge in [-0.15, -0.1) is 0 Å². The molecule has 6 nitrogen and oxygen atoms in total. The van der Waals surface area contributed by atoms with Crippen LogP contribution in [0, 0.1) is 0 Å². The first-order chi connectivity index (χ1) is 7.50. The van der Waals surface area contributed by atoms with Crippen LogP contribution in [-0.4, -0.2) is 65.0 Å². The van der Waals surface area contributed by atoms with E-state index in [0.717, 1.165) is 0 Å². The van der Waals surface area contributed by atoms with Crippen molar-refractivity contribution in [2.75, 3.05) is 26.2 Å². The number of piperazine rings is 1. The third-order valence-electron chi connectivity index (χ3n) is 2.69. The van der Waals surface area contributed by atoms with Crippen LogP contribution in [-0.2, 0) is 9.59 Å². The number of nitrogens with zero attached hydrogens (tertiary/aromatic N) is 2. The zero-order valence-corrected chi connectivity index (χ0v) is 9.43. The van der Waals surface area contributed by atoms with Crippen LogP contribution in [0.1, 0.15) is 13.3 Å². The first-order valence-corrected chi connectivity index (χ1v) is 5.40. The number of hydrogen-bond acceptors (Lipinski definition) is 4. The first-order valence-electron chi connectivity index (χ1n) is 5.40. The molecule has 0 spiro atoms. The Balaban J connectivity index is 2.30. The molecule has 1 saturated heterocycles. The van der Waals surface area contributed by atoms with Gasteiger partial charge in [0.1, 0.15) is 0 Å². The van der Waals surface area contributed by atoms with Crippen LogP contribution in [0.4, 0.5) is 0 Å². The lowest BCUT2D eigenvalue weighted by Gasteiger charge is -2.34. The zero-order valence-electron chi connectivity index (χ0n) is 9.43. The van der Waals surface area contributed by atoms with Crippen molar-refractivity contribution in [2.24, 2.45) is 0 Å². The third kappa shape index (κ3) is 3.82. The van der Waals surface area contributed by atoms with Gasteiger partial charge in [0, 0.05) is 39.5 Å². The highest BCUT2D eigenvalue weighted by Gasteiger charge is 2.22. The number of amides is 2. The third-order valence-corrected chi connectivity index (χ3v) is 2.69. The quantitative estimate of drug-likeness (QED) is 0.578. The summed E-state index contributed by atoms with van der Waals surface area (Å²) in [7, 11) is -1.43. The Hall–Kier alpha value is -1.08. The lowest BCUT2D eigenvalue weighted by Crippen LogP contribution is -2.50. The normalized spacial score (nSPS) is 16.2. The molecule has 16 heavy (non-hydrogen) atoms. The smallest absolute Gasteiger partial charge is 0.427 e. The zero-order chi connectivity index (χ0) is 12.1. The minimum absolute atomic E-state index is 0.0258. The average Bonchev–Trinajstić information content (AvgIpc) is 2.26. The van der Waals surface area contributed by atoms with Crippen molar-refractivity contribution < 1.29 is 19.6 Å². The molecule has 0 aromatic heterocycles. The van der Waals surface area contributed by atoms with Crippen LogP contribution in [0.2, 0.25) is 6.32 Å². The van der Waals surface area contributed by atoms with Crippen molar-refractivity contribution >= 4 is 18.9 Å². The van der Waals surface area contributed by atoms with Gasteiger partial charge >= 0.3 is 7.12 Å². The van der Waals surface area contributed by atoms with Gasteiger partial charge in [-0.1, -0.05) is 0 Å². The molecule has 0 bridgehead atoms. The van der Waals surface area contributed by atoms with E-state index in [4.69, 9.17) is 10.0 Å². The van der Waals surface area contributed by atoms with E-state index >= 15 is 0 Å². The molecule has 0 aromatic rings. The van der Waals surface area contributed by atoms with Crippen molar-refractivity contribution in [2.45, 2.75) is 19.7 Å². The molecule has 1 aliphatic heterocycles. The lowest BCUT2D eigenvalue weighted by atomic mass is 9.84. The maximum Gasteiger partial charge on any atom is 0.451 e. The second-order valence-electron chi connectivity index (χ2n) is 3.91. The molecular formula is C9H17BN2O4. The second kappa shape index (κ2) is 5.86. The average molecular weight is 228 g/mol. The Morgan fingerprint density at radius 1 is 1.12 bits per heavy atom. The topological polar surface area (TPSA) is 81.1 Å². The molecular weight excluding hydrogens is 211 g/mol. The predicted molar refractivity (Wildman–Crippen MR) is 58.4 cm³/mol. The van der Waals surface area contributed by atoms with E-state index in [2.05, 4.69) is 0 Å². The minimum Gasteiger partial charge on any atom is -0.427 e. The van der Waals surface area contributed by atoms with Gasteiger partial charge in [-0.2, -0.15) is 0 Å². The van der Waals surface area contributed by atoms with Crippen LogP contribution in [0.15, 0.2) is 0 Å². The van der Waals surface area contributed by atoms with Crippen LogP contribution >= 0.6 is 0 Å². The molecule has 0 radical (unpaired) electrons. The fourth-order valence-electron chi connectivity index (χ4n) is 1.68. The van der Waals surface area contributed by atoms with Crippen LogP contribution in [0.5, 0.6) is 0 Å². The van der Waals surface area contributed by atoms with Crippen molar-refractivity contribution in [3.63, 3.8) is 0 Å². The van der Waals surface area contributed by atoms with E-state index in [1.54, 1.807) is 9.80 Å². The number of carbonyl (C=O) groups excluding carboxylic acids is 2. The summed E-state index contributed by atoms with van der Waals surface area (Å²) in [6, 6.07) is 0. The molecule has 0 unspecified atom stereocenters. The lowest BCUT2D eigenvalue weighted by molar-refractivity contribution is -0.138. The Morgan fingerprint density at radius 2 is 1.62 bits per heavy atom. The summed E-state index contributed by atoms with van der Waals surface area (Å²) < 4.78 is 0. The van der Waals surface area contributed by atoms with Gasteiger partial charge in [0.25, 0.3) is 0 Å². The molecule has 0 saturated carbocycles. The van der Waals surface area contributed by atoms with Gasteiger partial charge in [-0.25, -0.2) is 0 Å². The molecule has 1 aliphatic rings. The van der Waals surface area contributed by atoms with E-state index < -0.39 is 7.12 Å². The van der Waals surface area contributed by atoms with E-state index in [1.807, 2.05) is 0 Å². The fraction of sp³-hybridized carbons (Fsp3) is 0.778. The molecule has 2 amide bonds. The summed E-state index contributed by atoms with van der Waals surface area (Å²) >= 11 is 0. The predicted octanol–water partition coefficient (Wildman–Crippen LogP) is -1.46. The molecule has 0 aliphatic carbocycles. The van der Waals surface area contributed by atoms with Crippen LogP contribution in [0.25, 0.3) is 0 Å². The van der Waals surface area contributed by atoms with Gasteiger partial charge in [0.05, 0.1) is 0 Å². The maximum absolute atomic E-state index is 11.6. The monoisotopic (exact) mass is 228 g/mol. The Kier molecular flexibility index (Phi) is 4.76. The van der Waals surface area contributed by atoms with E-state index in [0.29, 0.717) is 26.2 Å². The summed E-state index contributed by atoms with van der Waals surface area (Å²) in [4.78, 5) is 26.0. The highest BCUT2D eigenvalue weighted by atomic mass is 16.4. The SMILES string of the molecule is CC(=O)N1CCN(C(=O)CCB(O)O)CC1. The highest BCUT2D eigenvalue weighted by Crippen LogP contribution is 2.06. The van der Waals surface area contributed by atoms with Gasteiger partial charge in [-0.05, 0) is 6.32 Å². The fourth-order valence-corrected chi connectivity index (χ4v) is 1.68. The Morgan fingerprint density at radius 3 is 2.06 bits per heavy atom. The van der Waals surface area contributed by atoms with Gasteiger partial charge in [0.15, 0.2) is 0 Å². The number of hydrogen-bond donors (Lipinski definition) is 2. The van der Waals surface area contributed by atoms with E-state index in [1.165, 1.54) is 6.92 Å². The van der Waals surface area contributed by atoms with Crippen molar-refractivity contribution in [3.05, 3.63) is 0 Å². The maximum atomic E-state index is 11.6. The number of rotatable bonds is 3. The van der Waals surface area contributed by atoms with Gasteiger partial charge in [0.2, 0.25) is 11.8 Å². The Bertz CT molecular complexity index is 264. The summed E-state index contributed by atoms with van der Waals surface area (Å²) in [6.45, 7) is 3.69. The van der Waals surface area contributed by atoms with E-state index in [-0.39, 0.29) is 24.6 Å². The largest absolute Gasteiger partial charge is 0.451 e. The standard InChI is InChI=1S/C9H17BN2O4/c1-8(13)11-4-6-12(7-5-11)9(14)2-3-10(15)16/h15-16H,2-7H2,1H3. The van der Waals surface area contributed by atoms with Crippen LogP contribution in [0.3, 0.4) is 0 Å². The summed E-state index contributed by atoms with van der Waals surface area (Å²) in [5.41, 5.74) is 0. The first kappa shape index (κ1) is 13.0. The van der Waals surface area contributed by atoms with Gasteiger partial charge in [-0.3, -0.25) is 9.59 Å². The molecule has 1 heterocycles. The van der Waals surface area contributed by atoms with E-state index in [9.17, 15) is 9.59 Å². The van der Waals surface area contributed by atoms with Crippen LogP contribution < -0.4 is 0 Å². The molecule has 1 fully saturated rings. The van der Waals surface area contributed by atoms with Crippen molar-refractivity contribution in [1.82, 2.24) is 9.80 Å². The summed E-state index contributed by atoms with van der Waals surface area (Å²) in [5.74, 6) is -0.0609. The van der Waals surface area contributed by atoms with Gasteiger partial charge < -0.3 is 19.8 Å². The molecule has 0 atom stereocenters. The molecule has 90 valence electrons. The minimum atomic E-state index is -1.43. The summed E-state index contributed by atoms with van der Waals surface area (Å²) in [5, 5.41) is 17.3. The number of carbonyl (C=O) groups is 2. The molecule has 0 aromatic carbocycles. The molecule has 2 N–H and O–H groups in total. The highest BCUT2D eigenvalue weighted by molar-refractivity contribution is 6.41. The van der Waals surface area contributed by atoms with Crippen molar-refractivity contribution in [3.8, 4) is 0 Å². The summed E-state index contributed by atoms with van der Waals surface area (Å²) in [6.07, 6.45) is 0.198. The Labute approximate surface area is 95.0 Å². The van der Waals surface area contributed by atoms with Crippen molar-refractivity contribution in [1.29, 1.82) is 0 Å². The molecule has 7 heteroatoms. The second-order valence-corrected chi connectivity index (χ2v) is 3.91. The molecule has 1 rings (SSSR count).